The summed E-state index contributed by atoms with van der Waals surface area (Å²) in [5.74, 6) is -1.38. The van der Waals surface area contributed by atoms with Crippen molar-refractivity contribution in [3.05, 3.63) is 0 Å². The number of ether oxygens (including phenoxy) is 2. The standard InChI is InChI=1S/C11H18F3NO5/c1-10(2,3)20-9(18)15-7(8(16)17)4-5-19-6-11(12,13)14/h7H,4-6H2,1-3H3,(H,15,18)(H,16,17). The number of halogens is 3. The average Bonchev–Trinajstić information content (AvgIpc) is 2.17. The Bertz CT molecular complexity index is 338. The van der Waals surface area contributed by atoms with Gasteiger partial charge >= 0.3 is 18.2 Å². The summed E-state index contributed by atoms with van der Waals surface area (Å²) in [6, 6.07) is -1.38. The fourth-order valence-electron chi connectivity index (χ4n) is 1.10. The van der Waals surface area contributed by atoms with Crippen molar-refractivity contribution in [3.8, 4) is 0 Å². The molecule has 0 saturated heterocycles. The van der Waals surface area contributed by atoms with E-state index < -0.39 is 43.1 Å². The van der Waals surface area contributed by atoms with Gasteiger partial charge in [0.05, 0.1) is 0 Å². The molecule has 9 heteroatoms. The molecule has 0 radical (unpaired) electrons. The number of carboxylic acid groups (broad SMARTS) is 1. The Hall–Kier alpha value is -1.51. The molecule has 1 atom stereocenters. The molecule has 1 unspecified atom stereocenters. The van der Waals surface area contributed by atoms with E-state index in [-0.39, 0.29) is 6.42 Å². The molecular formula is C11H18F3NO5. The van der Waals surface area contributed by atoms with Crippen LogP contribution in [0.25, 0.3) is 0 Å². The minimum absolute atomic E-state index is 0.301. The third-order valence-electron chi connectivity index (χ3n) is 1.81. The fourth-order valence-corrected chi connectivity index (χ4v) is 1.10. The molecule has 0 aromatic rings. The van der Waals surface area contributed by atoms with Gasteiger partial charge in [0.1, 0.15) is 18.2 Å². The van der Waals surface area contributed by atoms with Gasteiger partial charge in [0.15, 0.2) is 0 Å². The molecule has 0 aliphatic carbocycles. The van der Waals surface area contributed by atoms with Gasteiger partial charge in [-0.3, -0.25) is 0 Å². The summed E-state index contributed by atoms with van der Waals surface area (Å²) in [5, 5.41) is 10.9. The molecule has 0 bridgehead atoms. The molecule has 0 spiro atoms. The van der Waals surface area contributed by atoms with Crippen molar-refractivity contribution in [1.29, 1.82) is 0 Å². The van der Waals surface area contributed by atoms with Crippen LogP contribution in [0, 0.1) is 0 Å². The average molecular weight is 301 g/mol. The summed E-state index contributed by atoms with van der Waals surface area (Å²) in [7, 11) is 0. The Balaban J connectivity index is 4.18. The number of carbonyl (C=O) groups is 2. The van der Waals surface area contributed by atoms with E-state index >= 15 is 0 Å². The number of aliphatic carboxylic acids is 1. The SMILES string of the molecule is CC(C)(C)OC(=O)NC(CCOCC(F)(F)F)C(=O)O. The molecule has 0 fully saturated rings. The first-order valence-electron chi connectivity index (χ1n) is 5.77. The first-order valence-corrected chi connectivity index (χ1v) is 5.77. The molecule has 118 valence electrons. The Labute approximate surface area is 114 Å². The maximum Gasteiger partial charge on any atom is 0.411 e. The number of alkyl carbamates (subject to hydrolysis) is 1. The number of hydrogen-bond acceptors (Lipinski definition) is 4. The lowest BCUT2D eigenvalue weighted by atomic mass is 10.2. The van der Waals surface area contributed by atoms with E-state index in [1.165, 1.54) is 0 Å². The Kier molecular flexibility index (Phi) is 6.77. The fraction of sp³-hybridized carbons (Fsp3) is 0.818. The Morgan fingerprint density at radius 3 is 2.20 bits per heavy atom. The summed E-state index contributed by atoms with van der Waals surface area (Å²) in [5.41, 5.74) is -0.806. The van der Waals surface area contributed by atoms with E-state index in [0.717, 1.165) is 0 Å². The second-order valence-electron chi connectivity index (χ2n) is 4.99. The van der Waals surface area contributed by atoms with E-state index in [4.69, 9.17) is 9.84 Å². The number of carbonyl (C=O) groups excluding carboxylic acids is 1. The van der Waals surface area contributed by atoms with Crippen molar-refractivity contribution >= 4 is 12.1 Å². The molecule has 0 aliphatic heterocycles. The zero-order valence-electron chi connectivity index (χ0n) is 11.4. The van der Waals surface area contributed by atoms with Gasteiger partial charge in [-0.25, -0.2) is 9.59 Å². The van der Waals surface area contributed by atoms with E-state index in [0.29, 0.717) is 0 Å². The highest BCUT2D eigenvalue weighted by Gasteiger charge is 2.28. The number of hydrogen-bond donors (Lipinski definition) is 2. The number of nitrogens with one attached hydrogen (secondary N) is 1. The molecule has 1 amide bonds. The van der Waals surface area contributed by atoms with Gasteiger partial charge in [0.2, 0.25) is 0 Å². The van der Waals surface area contributed by atoms with Crippen LogP contribution in [0.4, 0.5) is 18.0 Å². The largest absolute Gasteiger partial charge is 0.480 e. The van der Waals surface area contributed by atoms with E-state index in [9.17, 15) is 22.8 Å². The summed E-state index contributed by atoms with van der Waals surface area (Å²) >= 11 is 0. The van der Waals surface area contributed by atoms with Crippen LogP contribution in [0.2, 0.25) is 0 Å². The second-order valence-corrected chi connectivity index (χ2v) is 4.99. The van der Waals surface area contributed by atoms with Crippen molar-refractivity contribution in [2.75, 3.05) is 13.2 Å². The maximum absolute atomic E-state index is 11.8. The van der Waals surface area contributed by atoms with Gasteiger partial charge in [-0.15, -0.1) is 0 Å². The molecule has 2 N–H and O–H groups in total. The highest BCUT2D eigenvalue weighted by Crippen LogP contribution is 2.14. The molecule has 0 rings (SSSR count). The molecule has 0 heterocycles. The lowest BCUT2D eigenvalue weighted by Gasteiger charge is -2.22. The molecule has 20 heavy (non-hydrogen) atoms. The number of carboxylic acids is 1. The van der Waals surface area contributed by atoms with Gasteiger partial charge in [-0.2, -0.15) is 13.2 Å². The number of rotatable bonds is 6. The van der Waals surface area contributed by atoms with Gasteiger partial charge in [-0.05, 0) is 20.8 Å². The molecular weight excluding hydrogens is 283 g/mol. The summed E-state index contributed by atoms with van der Waals surface area (Å²) in [6.45, 7) is 2.86. The zero-order chi connectivity index (χ0) is 16.0. The van der Waals surface area contributed by atoms with Crippen molar-refractivity contribution in [2.45, 2.75) is 45.0 Å². The van der Waals surface area contributed by atoms with Crippen molar-refractivity contribution < 1.29 is 37.3 Å². The smallest absolute Gasteiger partial charge is 0.411 e. The topological polar surface area (TPSA) is 84.9 Å². The molecule has 6 nitrogen and oxygen atoms in total. The van der Waals surface area contributed by atoms with Crippen LogP contribution < -0.4 is 5.32 Å². The third-order valence-corrected chi connectivity index (χ3v) is 1.81. The monoisotopic (exact) mass is 301 g/mol. The summed E-state index contributed by atoms with van der Waals surface area (Å²) in [4.78, 5) is 22.2. The number of alkyl halides is 3. The maximum atomic E-state index is 11.8. The minimum atomic E-state index is -4.47. The van der Waals surface area contributed by atoms with Crippen LogP contribution in [0.1, 0.15) is 27.2 Å². The third kappa shape index (κ3) is 10.4. The second kappa shape index (κ2) is 7.32. The van der Waals surface area contributed by atoms with Crippen LogP contribution in [-0.2, 0) is 14.3 Å². The van der Waals surface area contributed by atoms with Gasteiger partial charge < -0.3 is 19.9 Å². The van der Waals surface area contributed by atoms with Crippen LogP contribution in [-0.4, -0.2) is 48.2 Å². The van der Waals surface area contributed by atoms with Crippen molar-refractivity contribution in [1.82, 2.24) is 5.32 Å². The van der Waals surface area contributed by atoms with Gasteiger partial charge in [0.25, 0.3) is 0 Å². The van der Waals surface area contributed by atoms with E-state index in [2.05, 4.69) is 4.74 Å². The highest BCUT2D eigenvalue weighted by molar-refractivity contribution is 5.79. The van der Waals surface area contributed by atoms with E-state index in [1.54, 1.807) is 20.8 Å². The Morgan fingerprint density at radius 1 is 1.25 bits per heavy atom. The Morgan fingerprint density at radius 2 is 1.80 bits per heavy atom. The van der Waals surface area contributed by atoms with Crippen LogP contribution >= 0.6 is 0 Å². The number of amides is 1. The van der Waals surface area contributed by atoms with Gasteiger partial charge in [-0.1, -0.05) is 0 Å². The molecule has 0 aliphatic rings. The van der Waals surface area contributed by atoms with Crippen LogP contribution in [0.3, 0.4) is 0 Å². The predicted molar refractivity (Wildman–Crippen MR) is 62.3 cm³/mol. The van der Waals surface area contributed by atoms with Crippen molar-refractivity contribution in [2.24, 2.45) is 0 Å². The van der Waals surface area contributed by atoms with Crippen LogP contribution in [0.5, 0.6) is 0 Å². The summed E-state index contributed by atoms with van der Waals surface area (Å²) < 4.78 is 44.5. The molecule has 0 aromatic heterocycles. The van der Waals surface area contributed by atoms with E-state index in [1.807, 2.05) is 5.32 Å². The highest BCUT2D eigenvalue weighted by atomic mass is 19.4. The van der Waals surface area contributed by atoms with Crippen molar-refractivity contribution in [3.63, 3.8) is 0 Å². The first-order chi connectivity index (χ1) is 8.91. The minimum Gasteiger partial charge on any atom is -0.480 e. The lowest BCUT2D eigenvalue weighted by Crippen LogP contribution is -2.44. The van der Waals surface area contributed by atoms with Crippen LogP contribution in [0.15, 0.2) is 0 Å². The predicted octanol–water partition coefficient (Wildman–Crippen LogP) is 1.93. The zero-order valence-corrected chi connectivity index (χ0v) is 11.4. The normalized spacial score (nSPS) is 13.7. The molecule has 0 saturated carbocycles. The lowest BCUT2D eigenvalue weighted by molar-refractivity contribution is -0.174. The first kappa shape index (κ1) is 18.5. The molecule has 0 aromatic carbocycles. The quantitative estimate of drug-likeness (QED) is 0.732. The van der Waals surface area contributed by atoms with Gasteiger partial charge in [0, 0.05) is 13.0 Å². The summed E-state index contributed by atoms with van der Waals surface area (Å²) in [6.07, 6.45) is -5.73.